The van der Waals surface area contributed by atoms with Crippen molar-refractivity contribution in [2.24, 2.45) is 5.92 Å². The van der Waals surface area contributed by atoms with Crippen LogP contribution in [-0.4, -0.2) is 83.8 Å². The number of anilines is 1. The van der Waals surface area contributed by atoms with E-state index in [4.69, 9.17) is 9.47 Å². The summed E-state index contributed by atoms with van der Waals surface area (Å²) in [6.07, 6.45) is 1.66. The lowest BCUT2D eigenvalue weighted by molar-refractivity contribution is -0.384. The first-order valence-electron chi connectivity index (χ1n) is 11.3. The van der Waals surface area contributed by atoms with Crippen LogP contribution in [0, 0.1) is 16.0 Å². The number of hydrogen-bond donors (Lipinski definition) is 0. The molecular formula is C22H28N4O6. The molecule has 4 aliphatic heterocycles. The summed E-state index contributed by atoms with van der Waals surface area (Å²) in [5.41, 5.74) is 0.587. The lowest BCUT2D eigenvalue weighted by atomic mass is 9.94. The fraction of sp³-hybridized carbons (Fsp3) is 0.636. The summed E-state index contributed by atoms with van der Waals surface area (Å²) in [4.78, 5) is 42.3. The fourth-order valence-electron chi connectivity index (χ4n) is 5.62. The van der Waals surface area contributed by atoms with Crippen LogP contribution < -0.4 is 4.90 Å². The molecule has 0 saturated carbocycles. The zero-order valence-corrected chi connectivity index (χ0v) is 18.1. The second-order valence-electron chi connectivity index (χ2n) is 9.10. The molecule has 5 rings (SSSR count). The van der Waals surface area contributed by atoms with E-state index >= 15 is 0 Å². The van der Waals surface area contributed by atoms with Crippen LogP contribution in [-0.2, 0) is 14.3 Å². The maximum absolute atomic E-state index is 13.1. The minimum atomic E-state index is -0.385. The summed E-state index contributed by atoms with van der Waals surface area (Å²) < 4.78 is 11.3. The number of rotatable bonds is 4. The first kappa shape index (κ1) is 21.0. The van der Waals surface area contributed by atoms with Crippen molar-refractivity contribution in [2.75, 3.05) is 37.7 Å². The number of nitro benzene ring substituents is 1. The summed E-state index contributed by atoms with van der Waals surface area (Å²) in [6, 6.07) is 6.36. The molecule has 4 heterocycles. The second-order valence-corrected chi connectivity index (χ2v) is 9.10. The van der Waals surface area contributed by atoms with E-state index in [0.717, 1.165) is 12.8 Å². The Kier molecular flexibility index (Phi) is 5.40. The van der Waals surface area contributed by atoms with E-state index in [9.17, 15) is 19.7 Å². The molecule has 172 valence electrons. The Morgan fingerprint density at radius 1 is 1.19 bits per heavy atom. The van der Waals surface area contributed by atoms with Gasteiger partial charge in [0.2, 0.25) is 5.91 Å². The number of nitrogens with zero attached hydrogens (tertiary/aromatic N) is 4. The van der Waals surface area contributed by atoms with Crippen molar-refractivity contribution in [3.8, 4) is 0 Å². The molecule has 4 saturated heterocycles. The summed E-state index contributed by atoms with van der Waals surface area (Å²) in [5.74, 6) is -0.0156. The Labute approximate surface area is 186 Å². The van der Waals surface area contributed by atoms with Crippen LogP contribution in [0.15, 0.2) is 24.3 Å². The molecule has 4 aliphatic rings. The minimum absolute atomic E-state index is 0.0480. The quantitative estimate of drug-likeness (QED) is 0.517. The third-order valence-electron chi connectivity index (χ3n) is 7.27. The highest BCUT2D eigenvalue weighted by atomic mass is 16.6. The molecule has 3 unspecified atom stereocenters. The van der Waals surface area contributed by atoms with Crippen molar-refractivity contribution in [1.82, 2.24) is 9.80 Å². The van der Waals surface area contributed by atoms with E-state index in [1.54, 1.807) is 23.1 Å². The van der Waals surface area contributed by atoms with Gasteiger partial charge in [0.05, 0.1) is 35.6 Å². The number of para-hydroxylation sites is 2. The third kappa shape index (κ3) is 3.56. The smallest absolute Gasteiger partial charge is 0.410 e. The minimum Gasteiger partial charge on any atom is -0.442 e. The number of hydrogen-bond acceptors (Lipinski definition) is 7. The monoisotopic (exact) mass is 444 g/mol. The van der Waals surface area contributed by atoms with Crippen molar-refractivity contribution in [2.45, 2.75) is 50.5 Å². The van der Waals surface area contributed by atoms with Gasteiger partial charge in [-0.2, -0.15) is 0 Å². The number of likely N-dealkylation sites (tertiary alicyclic amines) is 1. The molecule has 0 aromatic heterocycles. The van der Waals surface area contributed by atoms with Gasteiger partial charge in [-0.3, -0.25) is 19.8 Å². The van der Waals surface area contributed by atoms with Crippen molar-refractivity contribution < 1.29 is 24.0 Å². The van der Waals surface area contributed by atoms with Crippen LogP contribution in [0.25, 0.3) is 0 Å². The van der Waals surface area contributed by atoms with Crippen LogP contribution in [0.4, 0.5) is 16.2 Å². The SMILES string of the molecule is CC1OCCCC1C(=O)N1CCC(N2C(=O)O[C@H]3CN(c4ccccc4[N+](=O)[O-])C[C@H]32)C1. The van der Waals surface area contributed by atoms with Crippen LogP contribution in [0.1, 0.15) is 26.2 Å². The Balaban J connectivity index is 1.28. The van der Waals surface area contributed by atoms with E-state index in [1.807, 2.05) is 16.7 Å². The molecule has 0 aliphatic carbocycles. The van der Waals surface area contributed by atoms with Gasteiger partial charge < -0.3 is 19.3 Å². The number of ether oxygens (including phenoxy) is 2. The molecule has 10 nitrogen and oxygen atoms in total. The van der Waals surface area contributed by atoms with Crippen LogP contribution >= 0.6 is 0 Å². The molecule has 4 fully saturated rings. The number of fused-ring (bicyclic) bond motifs is 1. The highest BCUT2D eigenvalue weighted by molar-refractivity contribution is 5.80. The molecule has 5 atom stereocenters. The molecule has 0 radical (unpaired) electrons. The third-order valence-corrected chi connectivity index (χ3v) is 7.27. The normalized spacial score (nSPS) is 32.2. The second kappa shape index (κ2) is 8.23. The topological polar surface area (TPSA) is 105 Å². The maximum Gasteiger partial charge on any atom is 0.410 e. The summed E-state index contributed by atoms with van der Waals surface area (Å²) in [5, 5.41) is 11.4. The zero-order chi connectivity index (χ0) is 22.4. The van der Waals surface area contributed by atoms with E-state index in [0.29, 0.717) is 44.9 Å². The Hall–Kier alpha value is -2.88. The lowest BCUT2D eigenvalue weighted by Crippen LogP contribution is -2.48. The summed E-state index contributed by atoms with van der Waals surface area (Å²) in [6.45, 7) is 4.65. The van der Waals surface area contributed by atoms with Crippen molar-refractivity contribution in [3.05, 3.63) is 34.4 Å². The average Bonchev–Trinajstić information content (AvgIpc) is 3.48. The van der Waals surface area contributed by atoms with Crippen molar-refractivity contribution in [3.63, 3.8) is 0 Å². The van der Waals surface area contributed by atoms with Crippen LogP contribution in [0.3, 0.4) is 0 Å². The number of nitro groups is 1. The molecule has 0 spiro atoms. The molecular weight excluding hydrogens is 416 g/mol. The predicted octanol–water partition coefficient (Wildman–Crippen LogP) is 2.02. The molecule has 2 amide bonds. The first-order chi connectivity index (χ1) is 15.4. The fourth-order valence-corrected chi connectivity index (χ4v) is 5.62. The van der Waals surface area contributed by atoms with Gasteiger partial charge in [0.25, 0.3) is 5.69 Å². The standard InChI is InChI=1S/C22H28N4O6/c1-14-16(5-4-10-31-14)21(27)23-9-8-15(11-23)25-19-12-24(13-20(19)32-22(25)28)17-6-2-3-7-18(17)26(29)30/h2-3,6-7,14-16,19-20H,4-5,8-13H2,1H3/t14?,15?,16?,19-,20+/m1/s1. The van der Waals surface area contributed by atoms with E-state index in [1.165, 1.54) is 6.07 Å². The Morgan fingerprint density at radius 3 is 2.78 bits per heavy atom. The predicted molar refractivity (Wildman–Crippen MR) is 114 cm³/mol. The molecule has 1 aromatic rings. The summed E-state index contributed by atoms with van der Waals surface area (Å²) >= 11 is 0. The van der Waals surface area contributed by atoms with Crippen molar-refractivity contribution in [1.29, 1.82) is 0 Å². The van der Waals surface area contributed by atoms with Gasteiger partial charge in [0, 0.05) is 32.3 Å². The number of carbonyl (C=O) groups is 2. The number of benzene rings is 1. The zero-order valence-electron chi connectivity index (χ0n) is 18.1. The first-order valence-corrected chi connectivity index (χ1v) is 11.3. The highest BCUT2D eigenvalue weighted by Gasteiger charge is 2.52. The van der Waals surface area contributed by atoms with Gasteiger partial charge in [-0.1, -0.05) is 12.1 Å². The molecule has 0 bridgehead atoms. The Bertz CT molecular complexity index is 925. The Morgan fingerprint density at radius 2 is 2.00 bits per heavy atom. The molecule has 32 heavy (non-hydrogen) atoms. The number of amides is 2. The van der Waals surface area contributed by atoms with E-state index in [-0.39, 0.29) is 52.8 Å². The van der Waals surface area contributed by atoms with Crippen molar-refractivity contribution >= 4 is 23.4 Å². The van der Waals surface area contributed by atoms with E-state index < -0.39 is 0 Å². The van der Waals surface area contributed by atoms with Crippen LogP contribution in [0.5, 0.6) is 0 Å². The van der Waals surface area contributed by atoms with Gasteiger partial charge in [-0.15, -0.1) is 0 Å². The van der Waals surface area contributed by atoms with E-state index in [2.05, 4.69) is 0 Å². The molecule has 0 N–H and O–H groups in total. The van der Waals surface area contributed by atoms with Gasteiger partial charge in [-0.25, -0.2) is 4.79 Å². The largest absolute Gasteiger partial charge is 0.442 e. The lowest BCUT2D eigenvalue weighted by Gasteiger charge is -2.32. The van der Waals surface area contributed by atoms with Crippen LogP contribution in [0.2, 0.25) is 0 Å². The van der Waals surface area contributed by atoms with Gasteiger partial charge in [0.1, 0.15) is 11.8 Å². The average molecular weight is 444 g/mol. The summed E-state index contributed by atoms with van der Waals surface area (Å²) in [7, 11) is 0. The van der Waals surface area contributed by atoms with Gasteiger partial charge >= 0.3 is 6.09 Å². The highest BCUT2D eigenvalue weighted by Crippen LogP contribution is 2.37. The number of carbonyl (C=O) groups excluding carboxylic acids is 2. The molecule has 10 heteroatoms. The van der Waals surface area contributed by atoms with Gasteiger partial charge in [0.15, 0.2) is 0 Å². The molecule has 1 aromatic carbocycles. The maximum atomic E-state index is 13.1. The van der Waals surface area contributed by atoms with Gasteiger partial charge in [-0.05, 0) is 32.3 Å².